The first-order chi connectivity index (χ1) is 23.2. The Balaban J connectivity index is 1.58. The topological polar surface area (TPSA) is 118 Å². The quantitative estimate of drug-likeness (QED) is 0.269. The van der Waals surface area contributed by atoms with Crippen LogP contribution >= 0.6 is 0 Å². The summed E-state index contributed by atoms with van der Waals surface area (Å²) in [6.07, 6.45) is 1.75. The van der Waals surface area contributed by atoms with Crippen molar-refractivity contribution in [1.82, 2.24) is 14.7 Å². The maximum absolute atomic E-state index is 14.1. The molecule has 49 heavy (non-hydrogen) atoms. The number of benzene rings is 2. The highest BCUT2D eigenvalue weighted by atomic mass is 16.6. The molecule has 0 saturated carbocycles. The Hall–Kier alpha value is -4.12. The van der Waals surface area contributed by atoms with Gasteiger partial charge in [0.2, 0.25) is 11.8 Å². The van der Waals surface area contributed by atoms with Crippen LogP contribution in [0.4, 0.5) is 10.5 Å². The van der Waals surface area contributed by atoms with Crippen LogP contribution in [0.3, 0.4) is 0 Å². The lowest BCUT2D eigenvalue weighted by molar-refractivity contribution is -0.134. The summed E-state index contributed by atoms with van der Waals surface area (Å²) in [6, 6.07) is 12.4. The number of carbonyl (C=O) groups is 4. The molecule has 2 aliphatic heterocycles. The average molecular weight is 679 g/mol. The monoisotopic (exact) mass is 678 g/mol. The summed E-state index contributed by atoms with van der Waals surface area (Å²) in [4.78, 5) is 59.3. The van der Waals surface area contributed by atoms with Crippen molar-refractivity contribution in [3.63, 3.8) is 0 Å². The Morgan fingerprint density at radius 2 is 1.80 bits per heavy atom. The summed E-state index contributed by atoms with van der Waals surface area (Å²) in [5.74, 6) is -0.584. The van der Waals surface area contributed by atoms with E-state index >= 15 is 0 Å². The fourth-order valence-corrected chi connectivity index (χ4v) is 6.64. The summed E-state index contributed by atoms with van der Waals surface area (Å²) in [6.45, 7) is 13.6. The van der Waals surface area contributed by atoms with Gasteiger partial charge in [0.25, 0.3) is 5.91 Å². The van der Waals surface area contributed by atoms with Crippen molar-refractivity contribution in [2.75, 3.05) is 52.3 Å². The SMILES string of the molecule is CCc1ccc(C(=O)N(C[C@H]2CCN(C(=O)OC(C)(C)C)C2CN(C)C(=O)[C@@H]2CC(=O)Nc3ccccc32)C(C)C)cc1OCCCOC. The van der Waals surface area contributed by atoms with Crippen LogP contribution in [0.2, 0.25) is 0 Å². The molecule has 3 atom stereocenters. The van der Waals surface area contributed by atoms with E-state index in [1.165, 1.54) is 0 Å². The highest BCUT2D eigenvalue weighted by Crippen LogP contribution is 2.35. The first kappa shape index (κ1) is 37.7. The summed E-state index contributed by atoms with van der Waals surface area (Å²) in [7, 11) is 3.37. The molecule has 11 nitrogen and oxygen atoms in total. The number of para-hydroxylation sites is 1. The second kappa shape index (κ2) is 16.5. The third kappa shape index (κ3) is 9.53. The van der Waals surface area contributed by atoms with Crippen LogP contribution in [0.25, 0.3) is 0 Å². The van der Waals surface area contributed by atoms with E-state index in [1.54, 1.807) is 30.0 Å². The van der Waals surface area contributed by atoms with Crippen LogP contribution in [0.5, 0.6) is 5.75 Å². The number of likely N-dealkylation sites (tertiary alicyclic amines) is 1. The van der Waals surface area contributed by atoms with Crippen molar-refractivity contribution in [2.24, 2.45) is 5.92 Å². The Morgan fingerprint density at radius 1 is 1.06 bits per heavy atom. The minimum atomic E-state index is -0.700. The zero-order valence-electron chi connectivity index (χ0n) is 30.4. The standard InChI is InChI=1S/C38H54N4O7/c1-9-26-15-16-27(21-33(26)48-20-12-19-47-8)35(44)42(25(2)3)23-28-17-18-41(37(46)49-38(4,5)6)32(28)24-40(7)36(45)30-22-34(43)39-31-14-11-10-13-29(30)31/h10-11,13-16,21,25,28,30,32H,9,12,17-20,22-24H2,1-8H3,(H,39,43)/t28-,30-,32?/m1/s1. The third-order valence-electron chi connectivity index (χ3n) is 9.21. The fraction of sp³-hybridized carbons (Fsp3) is 0.579. The summed E-state index contributed by atoms with van der Waals surface area (Å²) in [5, 5.41) is 2.86. The number of rotatable bonds is 13. The van der Waals surface area contributed by atoms with Gasteiger partial charge in [0, 0.05) is 76.5 Å². The molecule has 1 saturated heterocycles. The molecule has 4 rings (SSSR count). The number of fused-ring (bicyclic) bond motifs is 1. The lowest BCUT2D eigenvalue weighted by Crippen LogP contribution is -2.51. The number of ether oxygens (including phenoxy) is 3. The van der Waals surface area contributed by atoms with Crippen LogP contribution in [0.1, 0.15) is 88.2 Å². The molecule has 0 spiro atoms. The van der Waals surface area contributed by atoms with E-state index in [9.17, 15) is 19.2 Å². The number of likely N-dealkylation sites (N-methyl/N-ethyl adjacent to an activating group) is 1. The molecule has 0 bridgehead atoms. The number of nitrogens with zero attached hydrogens (tertiary/aromatic N) is 3. The van der Waals surface area contributed by atoms with E-state index in [0.717, 1.165) is 24.0 Å². The number of nitrogens with one attached hydrogen (secondary N) is 1. The molecule has 268 valence electrons. The van der Waals surface area contributed by atoms with Gasteiger partial charge in [0.05, 0.1) is 18.6 Å². The van der Waals surface area contributed by atoms with Crippen LogP contribution < -0.4 is 10.1 Å². The number of hydrogen-bond donors (Lipinski definition) is 1. The van der Waals surface area contributed by atoms with Gasteiger partial charge < -0.3 is 34.2 Å². The van der Waals surface area contributed by atoms with Gasteiger partial charge in [-0.1, -0.05) is 31.2 Å². The van der Waals surface area contributed by atoms with Gasteiger partial charge in [0.15, 0.2) is 0 Å². The van der Waals surface area contributed by atoms with Crippen molar-refractivity contribution in [2.45, 2.75) is 90.8 Å². The number of anilines is 1. The summed E-state index contributed by atoms with van der Waals surface area (Å²) in [5.41, 5.74) is 2.28. The first-order valence-electron chi connectivity index (χ1n) is 17.4. The Kier molecular flexibility index (Phi) is 12.7. The maximum Gasteiger partial charge on any atom is 0.410 e. The minimum Gasteiger partial charge on any atom is -0.493 e. The lowest BCUT2D eigenvalue weighted by Gasteiger charge is -2.37. The molecule has 0 aromatic heterocycles. The van der Waals surface area contributed by atoms with Crippen molar-refractivity contribution in [3.8, 4) is 5.75 Å². The lowest BCUT2D eigenvalue weighted by atomic mass is 9.89. The normalized spacial score (nSPS) is 18.9. The smallest absolute Gasteiger partial charge is 0.410 e. The van der Waals surface area contributed by atoms with Crippen molar-refractivity contribution in [3.05, 3.63) is 59.2 Å². The van der Waals surface area contributed by atoms with E-state index in [2.05, 4.69) is 12.2 Å². The predicted octanol–water partition coefficient (Wildman–Crippen LogP) is 5.72. The molecule has 2 aliphatic rings. The summed E-state index contributed by atoms with van der Waals surface area (Å²) >= 11 is 0. The zero-order valence-corrected chi connectivity index (χ0v) is 30.4. The van der Waals surface area contributed by atoms with Gasteiger partial charge in [0.1, 0.15) is 11.4 Å². The van der Waals surface area contributed by atoms with Gasteiger partial charge >= 0.3 is 6.09 Å². The van der Waals surface area contributed by atoms with Gasteiger partial charge in [-0.2, -0.15) is 0 Å². The molecule has 1 fully saturated rings. The molecule has 0 aliphatic carbocycles. The Bertz CT molecular complexity index is 1490. The predicted molar refractivity (Wildman–Crippen MR) is 189 cm³/mol. The number of hydrogen-bond acceptors (Lipinski definition) is 7. The van der Waals surface area contributed by atoms with Crippen molar-refractivity contribution < 1.29 is 33.4 Å². The number of aryl methyl sites for hydroxylation is 1. The Morgan fingerprint density at radius 3 is 2.47 bits per heavy atom. The fourth-order valence-electron chi connectivity index (χ4n) is 6.64. The molecule has 1 unspecified atom stereocenters. The number of carbonyl (C=O) groups excluding carboxylic acids is 4. The van der Waals surface area contributed by atoms with Crippen LogP contribution in [-0.2, 0) is 25.5 Å². The molecule has 2 heterocycles. The average Bonchev–Trinajstić information content (AvgIpc) is 3.45. The highest BCUT2D eigenvalue weighted by Gasteiger charge is 2.43. The van der Waals surface area contributed by atoms with Crippen molar-refractivity contribution in [1.29, 1.82) is 0 Å². The minimum absolute atomic E-state index is 0.0502. The van der Waals surface area contributed by atoms with Crippen LogP contribution in [-0.4, -0.2) is 103 Å². The molecular formula is C38H54N4O7. The van der Waals surface area contributed by atoms with Crippen molar-refractivity contribution >= 4 is 29.5 Å². The third-order valence-corrected chi connectivity index (χ3v) is 9.21. The highest BCUT2D eigenvalue weighted by molar-refractivity contribution is 6.01. The van der Waals surface area contributed by atoms with E-state index in [0.29, 0.717) is 49.7 Å². The first-order valence-corrected chi connectivity index (χ1v) is 17.4. The van der Waals surface area contributed by atoms with Crippen LogP contribution in [0.15, 0.2) is 42.5 Å². The van der Waals surface area contributed by atoms with Gasteiger partial charge in [-0.05, 0) is 76.8 Å². The van der Waals surface area contributed by atoms with Crippen LogP contribution in [0, 0.1) is 5.92 Å². The molecule has 2 aromatic rings. The maximum atomic E-state index is 14.1. The van der Waals surface area contributed by atoms with Gasteiger partial charge in [-0.25, -0.2) is 4.79 Å². The van der Waals surface area contributed by atoms with E-state index in [1.807, 2.05) is 75.9 Å². The van der Waals surface area contributed by atoms with E-state index in [4.69, 9.17) is 14.2 Å². The zero-order chi connectivity index (χ0) is 35.9. The largest absolute Gasteiger partial charge is 0.493 e. The second-order valence-electron chi connectivity index (χ2n) is 14.3. The molecule has 11 heteroatoms. The second-order valence-corrected chi connectivity index (χ2v) is 14.3. The van der Waals surface area contributed by atoms with E-state index < -0.39 is 23.7 Å². The Labute approximate surface area is 291 Å². The molecule has 1 N–H and O–H groups in total. The van der Waals surface area contributed by atoms with Gasteiger partial charge in [-0.3, -0.25) is 14.4 Å². The molecule has 0 radical (unpaired) electrons. The van der Waals surface area contributed by atoms with Gasteiger partial charge in [-0.15, -0.1) is 0 Å². The molecule has 4 amide bonds. The summed E-state index contributed by atoms with van der Waals surface area (Å²) < 4.78 is 17.0. The number of amides is 4. The number of methoxy groups -OCH3 is 1. The van der Waals surface area contributed by atoms with E-state index in [-0.39, 0.29) is 42.6 Å². The molecular weight excluding hydrogens is 624 g/mol. The molecule has 2 aromatic carbocycles.